The first kappa shape index (κ1) is 36.7. The molecule has 0 bridgehead atoms. The second kappa shape index (κ2) is 17.8. The first-order valence-electron chi connectivity index (χ1n) is 17.9. The molecular weight excluding hydrogens is 590 g/mol. The lowest BCUT2D eigenvalue weighted by Gasteiger charge is -2.46. The van der Waals surface area contributed by atoms with Gasteiger partial charge in [-0.2, -0.15) is 0 Å². The number of likely N-dealkylation sites (tertiary alicyclic amines) is 1. The van der Waals surface area contributed by atoms with Gasteiger partial charge in [-0.1, -0.05) is 40.2 Å². The Bertz CT molecular complexity index is 1010. The molecule has 2 amide bonds. The second-order valence-corrected chi connectivity index (χ2v) is 13.9. The fourth-order valence-electron chi connectivity index (χ4n) is 7.71. The average Bonchev–Trinajstić information content (AvgIpc) is 3.02. The van der Waals surface area contributed by atoms with Crippen LogP contribution in [-0.2, 0) is 9.59 Å². The lowest BCUT2D eigenvalue weighted by atomic mass is 9.86. The monoisotopic (exact) mass is 650 g/mol. The number of nitrogens with one attached hydrogen (secondary N) is 3. The number of hydrogen-bond acceptors (Lipinski definition) is 8. The number of piperazine rings is 1. The van der Waals surface area contributed by atoms with E-state index in [9.17, 15) is 14.0 Å². The molecule has 3 heterocycles. The lowest BCUT2D eigenvalue weighted by Crippen LogP contribution is -2.67. The summed E-state index contributed by atoms with van der Waals surface area (Å²) in [6, 6.07) is -0.326. The zero-order chi connectivity index (χ0) is 33.2. The van der Waals surface area contributed by atoms with Crippen LogP contribution in [0.5, 0.6) is 0 Å². The van der Waals surface area contributed by atoms with Gasteiger partial charge in [0.2, 0.25) is 11.8 Å². The number of halogens is 2. The van der Waals surface area contributed by atoms with Crippen LogP contribution in [0, 0.1) is 17.8 Å². The summed E-state index contributed by atoms with van der Waals surface area (Å²) in [5.74, 6) is -1.13. The Morgan fingerprint density at radius 1 is 1.07 bits per heavy atom. The summed E-state index contributed by atoms with van der Waals surface area (Å²) in [4.78, 5) is 38.8. The fourth-order valence-corrected chi connectivity index (χ4v) is 7.71. The van der Waals surface area contributed by atoms with Crippen molar-refractivity contribution in [2.45, 2.75) is 109 Å². The molecule has 5 N–H and O–H groups in total. The quantitative estimate of drug-likeness (QED) is 0.159. The minimum Gasteiger partial charge on any atom is -0.375 e. The van der Waals surface area contributed by atoms with E-state index in [1.54, 1.807) is 6.92 Å². The van der Waals surface area contributed by atoms with Crippen molar-refractivity contribution < 1.29 is 18.4 Å². The number of aliphatic imine (C=N–C) groups is 1. The molecule has 0 spiro atoms. The molecule has 4 aliphatic rings. The predicted octanol–water partition coefficient (Wildman–Crippen LogP) is 2.45. The number of nitrogens with two attached hydrogens (primary N) is 1. The number of amides is 2. The number of rotatable bonds is 15. The summed E-state index contributed by atoms with van der Waals surface area (Å²) in [5, 5.41) is 9.22. The van der Waals surface area contributed by atoms with E-state index in [1.807, 2.05) is 11.8 Å². The van der Waals surface area contributed by atoms with Crippen LogP contribution in [0.1, 0.15) is 72.1 Å². The lowest BCUT2D eigenvalue weighted by molar-refractivity contribution is -0.140. The van der Waals surface area contributed by atoms with Crippen molar-refractivity contribution >= 4 is 17.5 Å². The van der Waals surface area contributed by atoms with Gasteiger partial charge in [-0.05, 0) is 63.7 Å². The molecule has 6 unspecified atom stereocenters. The van der Waals surface area contributed by atoms with Crippen LogP contribution in [0.25, 0.3) is 0 Å². The molecule has 4 fully saturated rings. The summed E-state index contributed by atoms with van der Waals surface area (Å²) in [7, 11) is 0. The molecule has 46 heavy (non-hydrogen) atoms. The van der Waals surface area contributed by atoms with Gasteiger partial charge >= 0.3 is 0 Å². The van der Waals surface area contributed by atoms with Crippen molar-refractivity contribution in [3.05, 3.63) is 12.8 Å². The number of alkyl halides is 2. The van der Waals surface area contributed by atoms with Crippen molar-refractivity contribution in [3.8, 4) is 0 Å². The van der Waals surface area contributed by atoms with E-state index in [4.69, 9.17) is 5.73 Å². The van der Waals surface area contributed by atoms with E-state index in [0.29, 0.717) is 50.7 Å². The Morgan fingerprint density at radius 2 is 1.76 bits per heavy atom. The third-order valence-electron chi connectivity index (χ3n) is 10.7. The molecule has 7 atom stereocenters. The Kier molecular flexibility index (Phi) is 14.2. The average molecular weight is 651 g/mol. The maximum atomic E-state index is 15.7. The molecule has 12 heteroatoms. The number of nitrogens with zero attached hydrogens (tertiary/aromatic N) is 4. The van der Waals surface area contributed by atoms with E-state index in [-0.39, 0.29) is 36.7 Å². The zero-order valence-electron chi connectivity index (χ0n) is 28.4. The van der Waals surface area contributed by atoms with E-state index in [0.717, 1.165) is 39.0 Å². The molecule has 0 aromatic carbocycles. The molecule has 0 aromatic heterocycles. The molecule has 262 valence electrons. The van der Waals surface area contributed by atoms with Gasteiger partial charge in [0.25, 0.3) is 0 Å². The Morgan fingerprint density at radius 3 is 2.35 bits per heavy atom. The standard InChI is InChI=1S/C34H60F2N8O2/c1-5-9-23(4)30(40-20-25(35)6-2)29(32(37)39-7-3)33(45)41-28-22-38-21-27(36)31(28)43-14-12-24(13-15-43)34(46)44-18-16-42(17-19-44)26-10-8-11-26/h7,23-29,31-32,38-39H,3,5-6,8-22,37H2,1-2,4H3,(H,41,45)/b40-30+/t23?,25?,27?,28?,29-,31?,32?/m0/s1. The fraction of sp³-hybridized carbons (Fsp3) is 0.853. The predicted molar refractivity (Wildman–Crippen MR) is 180 cm³/mol. The zero-order valence-corrected chi connectivity index (χ0v) is 28.4. The van der Waals surface area contributed by atoms with E-state index >= 15 is 4.39 Å². The van der Waals surface area contributed by atoms with Gasteiger partial charge in [-0.25, -0.2) is 8.78 Å². The van der Waals surface area contributed by atoms with E-state index in [1.165, 1.54) is 25.5 Å². The molecule has 3 aliphatic heterocycles. The molecule has 1 aliphatic carbocycles. The Hall–Kier alpha value is -2.15. The summed E-state index contributed by atoms with van der Waals surface area (Å²) in [5.41, 5.74) is 7.05. The highest BCUT2D eigenvalue weighted by molar-refractivity contribution is 6.06. The van der Waals surface area contributed by atoms with Crippen LogP contribution in [-0.4, -0.2) is 128 Å². The van der Waals surface area contributed by atoms with Crippen molar-refractivity contribution in [2.24, 2.45) is 28.5 Å². The van der Waals surface area contributed by atoms with Gasteiger partial charge in [0.05, 0.1) is 24.8 Å². The largest absolute Gasteiger partial charge is 0.375 e. The number of hydrogen-bond donors (Lipinski definition) is 4. The van der Waals surface area contributed by atoms with Gasteiger partial charge in [0.1, 0.15) is 18.3 Å². The normalized spacial score (nSPS) is 28.5. The summed E-state index contributed by atoms with van der Waals surface area (Å²) in [6.07, 6.45) is 5.55. The van der Waals surface area contributed by atoms with Gasteiger partial charge in [-0.3, -0.25) is 24.4 Å². The molecule has 10 nitrogen and oxygen atoms in total. The van der Waals surface area contributed by atoms with Crippen LogP contribution in [0.4, 0.5) is 8.78 Å². The number of carbonyl (C=O) groups is 2. The molecule has 4 rings (SSSR count). The SMILES string of the molecule is C=CNC(N)[C@@H](C(=O)NC1CNCC(F)C1N1CCC(C(=O)N2CCN(C3CCC3)CC2)CC1)/C(=N/CC(F)CC)C(C)CCC. The highest BCUT2D eigenvalue weighted by Gasteiger charge is 2.43. The van der Waals surface area contributed by atoms with Gasteiger partial charge in [-0.15, -0.1) is 0 Å². The topological polar surface area (TPSA) is 118 Å². The minimum atomic E-state index is -1.19. The van der Waals surface area contributed by atoms with Gasteiger partial charge in [0.15, 0.2) is 0 Å². The third-order valence-corrected chi connectivity index (χ3v) is 10.7. The van der Waals surface area contributed by atoms with E-state index < -0.39 is 36.5 Å². The van der Waals surface area contributed by atoms with E-state index in [2.05, 4.69) is 44.2 Å². The van der Waals surface area contributed by atoms with Crippen molar-refractivity contribution in [2.75, 3.05) is 58.9 Å². The first-order valence-corrected chi connectivity index (χ1v) is 17.9. The number of carbonyl (C=O) groups excluding carboxylic acids is 2. The molecule has 3 saturated heterocycles. The smallest absolute Gasteiger partial charge is 0.232 e. The van der Waals surface area contributed by atoms with Crippen LogP contribution >= 0.6 is 0 Å². The molecular formula is C34H60F2N8O2. The maximum Gasteiger partial charge on any atom is 0.232 e. The summed E-state index contributed by atoms with van der Waals surface area (Å²) >= 11 is 0. The highest BCUT2D eigenvalue weighted by Crippen LogP contribution is 2.29. The number of piperidine rings is 2. The first-order chi connectivity index (χ1) is 22.2. The third kappa shape index (κ3) is 9.26. The second-order valence-electron chi connectivity index (χ2n) is 13.9. The van der Waals surface area contributed by atoms with Crippen molar-refractivity contribution in [1.82, 2.24) is 30.7 Å². The highest BCUT2D eigenvalue weighted by atomic mass is 19.1. The summed E-state index contributed by atoms with van der Waals surface area (Å²) < 4.78 is 30.0. The van der Waals surface area contributed by atoms with Crippen LogP contribution in [0.3, 0.4) is 0 Å². The summed E-state index contributed by atoms with van der Waals surface area (Å²) in [6.45, 7) is 14.8. The van der Waals surface area contributed by atoms with Crippen LogP contribution in [0.2, 0.25) is 0 Å². The Labute approximate surface area is 275 Å². The minimum absolute atomic E-state index is 0.0332. The molecule has 1 saturated carbocycles. The van der Waals surface area contributed by atoms with Crippen LogP contribution < -0.4 is 21.7 Å². The van der Waals surface area contributed by atoms with Crippen LogP contribution in [0.15, 0.2) is 17.8 Å². The van der Waals surface area contributed by atoms with Crippen molar-refractivity contribution in [3.63, 3.8) is 0 Å². The maximum absolute atomic E-state index is 15.7. The molecule has 0 aromatic rings. The Balaban J connectivity index is 1.41. The molecule has 0 radical (unpaired) electrons. The van der Waals surface area contributed by atoms with Gasteiger partial charge in [0, 0.05) is 56.9 Å². The van der Waals surface area contributed by atoms with Gasteiger partial charge < -0.3 is 26.6 Å². The van der Waals surface area contributed by atoms with Crippen molar-refractivity contribution in [1.29, 1.82) is 0 Å².